The number of carbonyl (C=O) groups is 1. The molecular weight excluding hydrogens is 452 g/mol. The van der Waals surface area contributed by atoms with Gasteiger partial charge in [0.2, 0.25) is 15.9 Å². The topological polar surface area (TPSA) is 102 Å². The summed E-state index contributed by atoms with van der Waals surface area (Å²) in [7, 11) is -0.548. The normalized spacial score (nSPS) is 11.9. The van der Waals surface area contributed by atoms with Crippen LogP contribution in [-0.2, 0) is 34.3 Å². The van der Waals surface area contributed by atoms with Gasteiger partial charge in [-0.25, -0.2) is 22.4 Å². The zero-order valence-corrected chi connectivity index (χ0v) is 20.3. The van der Waals surface area contributed by atoms with Crippen LogP contribution in [0.5, 0.6) is 0 Å². The summed E-state index contributed by atoms with van der Waals surface area (Å²) in [6.07, 6.45) is 2.33. The van der Waals surface area contributed by atoms with E-state index in [2.05, 4.69) is 15.4 Å². The Morgan fingerprint density at radius 2 is 1.85 bits per heavy atom. The number of amides is 1. The van der Waals surface area contributed by atoms with Crippen molar-refractivity contribution >= 4 is 32.8 Å². The van der Waals surface area contributed by atoms with Crippen molar-refractivity contribution in [3.63, 3.8) is 0 Å². The Morgan fingerprint density at radius 1 is 1.09 bits per heavy atom. The lowest BCUT2D eigenvalue weighted by Crippen LogP contribution is -2.22. The van der Waals surface area contributed by atoms with E-state index in [0.717, 1.165) is 16.9 Å². The molecule has 10 heteroatoms. The van der Waals surface area contributed by atoms with Gasteiger partial charge < -0.3 is 9.88 Å². The molecule has 0 aliphatic heterocycles. The Morgan fingerprint density at radius 3 is 2.56 bits per heavy atom. The summed E-state index contributed by atoms with van der Waals surface area (Å²) in [5.41, 5.74) is 2.53. The fourth-order valence-electron chi connectivity index (χ4n) is 3.83. The largest absolute Gasteiger partial charge is 0.328 e. The molecule has 0 bridgehead atoms. The standard InChI is InChI=1S/C24H28N6O3S/c1-4-29-21-11-10-19(34(32,33)28(2)3)16-20(21)26-22(29)12-13-24(31)27-23-14-15-25-30(23)17-18-8-6-5-7-9-18/h5-11,14-16H,4,12-13,17H2,1-3H3,(H,27,31). The second kappa shape index (κ2) is 9.78. The van der Waals surface area contributed by atoms with Crippen LogP contribution in [0, 0.1) is 0 Å². The van der Waals surface area contributed by atoms with E-state index in [-0.39, 0.29) is 17.2 Å². The van der Waals surface area contributed by atoms with Crippen molar-refractivity contribution in [3.05, 3.63) is 72.2 Å². The zero-order valence-electron chi connectivity index (χ0n) is 19.5. The lowest BCUT2D eigenvalue weighted by Gasteiger charge is -2.11. The third-order valence-electron chi connectivity index (χ3n) is 5.63. The number of hydrogen-bond donors (Lipinski definition) is 1. The number of carbonyl (C=O) groups excluding carboxylic acids is 1. The SMILES string of the molecule is CCn1c(CCC(=O)Nc2ccnn2Cc2ccccc2)nc2cc(S(=O)(=O)N(C)C)ccc21. The van der Waals surface area contributed by atoms with Gasteiger partial charge in [0.15, 0.2) is 0 Å². The van der Waals surface area contributed by atoms with E-state index < -0.39 is 10.0 Å². The quantitative estimate of drug-likeness (QED) is 0.397. The van der Waals surface area contributed by atoms with Crippen LogP contribution in [0.2, 0.25) is 0 Å². The number of benzene rings is 2. The summed E-state index contributed by atoms with van der Waals surface area (Å²) in [6, 6.07) is 16.6. The summed E-state index contributed by atoms with van der Waals surface area (Å²) in [4.78, 5) is 17.5. The van der Waals surface area contributed by atoms with Crippen LogP contribution in [0.15, 0.2) is 65.7 Å². The molecule has 9 nitrogen and oxygen atoms in total. The lowest BCUT2D eigenvalue weighted by atomic mass is 10.2. The number of nitrogens with zero attached hydrogens (tertiary/aromatic N) is 5. The Labute approximate surface area is 199 Å². The molecule has 1 N–H and O–H groups in total. The molecule has 0 spiro atoms. The maximum atomic E-state index is 12.7. The molecular formula is C24H28N6O3S. The van der Waals surface area contributed by atoms with Crippen LogP contribution in [-0.4, -0.2) is 52.1 Å². The molecule has 0 saturated heterocycles. The number of nitrogens with one attached hydrogen (secondary N) is 1. The highest BCUT2D eigenvalue weighted by Gasteiger charge is 2.20. The molecule has 0 aliphatic carbocycles. The third-order valence-corrected chi connectivity index (χ3v) is 7.44. The highest BCUT2D eigenvalue weighted by molar-refractivity contribution is 7.89. The van der Waals surface area contributed by atoms with Gasteiger partial charge in [-0.15, -0.1) is 0 Å². The van der Waals surface area contributed by atoms with Gasteiger partial charge >= 0.3 is 0 Å². The van der Waals surface area contributed by atoms with Crippen molar-refractivity contribution in [2.45, 2.75) is 37.8 Å². The first-order valence-corrected chi connectivity index (χ1v) is 12.5. The van der Waals surface area contributed by atoms with Gasteiger partial charge in [-0.2, -0.15) is 5.10 Å². The minimum Gasteiger partial charge on any atom is -0.328 e. The molecule has 2 heterocycles. The van der Waals surface area contributed by atoms with Crippen molar-refractivity contribution in [2.24, 2.45) is 0 Å². The van der Waals surface area contributed by atoms with Crippen LogP contribution in [0.25, 0.3) is 11.0 Å². The molecule has 2 aromatic heterocycles. The molecule has 178 valence electrons. The van der Waals surface area contributed by atoms with Crippen LogP contribution in [0.4, 0.5) is 5.82 Å². The molecule has 0 aliphatic rings. The Kier molecular flexibility index (Phi) is 6.80. The van der Waals surface area contributed by atoms with Crippen molar-refractivity contribution in [1.82, 2.24) is 23.6 Å². The summed E-state index contributed by atoms with van der Waals surface area (Å²) in [6.45, 7) is 3.22. The lowest BCUT2D eigenvalue weighted by molar-refractivity contribution is -0.116. The third kappa shape index (κ3) is 4.87. The number of sulfonamides is 1. The molecule has 0 fully saturated rings. The van der Waals surface area contributed by atoms with Crippen molar-refractivity contribution < 1.29 is 13.2 Å². The van der Waals surface area contributed by atoms with Crippen LogP contribution >= 0.6 is 0 Å². The van der Waals surface area contributed by atoms with Gasteiger partial charge in [0.1, 0.15) is 11.6 Å². The fraction of sp³-hybridized carbons (Fsp3) is 0.292. The van der Waals surface area contributed by atoms with Crippen LogP contribution in [0.3, 0.4) is 0 Å². The number of fused-ring (bicyclic) bond motifs is 1. The predicted octanol–water partition coefficient (Wildman–Crippen LogP) is 3.12. The average molecular weight is 481 g/mol. The van der Waals surface area contributed by atoms with Crippen LogP contribution < -0.4 is 5.32 Å². The van der Waals surface area contributed by atoms with Crippen molar-refractivity contribution in [1.29, 1.82) is 0 Å². The van der Waals surface area contributed by atoms with Gasteiger partial charge in [0.25, 0.3) is 0 Å². The smallest absolute Gasteiger partial charge is 0.242 e. The minimum atomic E-state index is -3.55. The molecule has 0 unspecified atom stereocenters. The molecule has 0 atom stereocenters. The van der Waals surface area contributed by atoms with Gasteiger partial charge in [-0.3, -0.25) is 4.79 Å². The molecule has 4 aromatic rings. The van der Waals surface area contributed by atoms with E-state index >= 15 is 0 Å². The fourth-order valence-corrected chi connectivity index (χ4v) is 4.75. The summed E-state index contributed by atoms with van der Waals surface area (Å²) >= 11 is 0. The van der Waals surface area contributed by atoms with Crippen molar-refractivity contribution in [3.8, 4) is 0 Å². The van der Waals surface area contributed by atoms with Gasteiger partial charge in [-0.05, 0) is 30.7 Å². The maximum absolute atomic E-state index is 12.7. The Hall–Kier alpha value is -3.50. The molecule has 2 aromatic carbocycles. The number of imidazole rings is 1. The number of hydrogen-bond acceptors (Lipinski definition) is 5. The summed E-state index contributed by atoms with van der Waals surface area (Å²) in [5, 5.41) is 7.25. The molecule has 0 saturated carbocycles. The first-order valence-electron chi connectivity index (χ1n) is 11.1. The van der Waals surface area contributed by atoms with E-state index in [1.165, 1.54) is 18.4 Å². The van der Waals surface area contributed by atoms with Gasteiger partial charge in [0.05, 0.1) is 28.7 Å². The van der Waals surface area contributed by atoms with E-state index in [0.29, 0.717) is 30.8 Å². The van der Waals surface area contributed by atoms with Gasteiger partial charge in [0, 0.05) is 39.5 Å². The molecule has 34 heavy (non-hydrogen) atoms. The van der Waals surface area contributed by atoms with E-state index in [4.69, 9.17) is 0 Å². The number of aryl methyl sites for hydroxylation is 2. The zero-order chi connectivity index (χ0) is 24.3. The van der Waals surface area contributed by atoms with Crippen molar-refractivity contribution in [2.75, 3.05) is 19.4 Å². The monoisotopic (exact) mass is 480 g/mol. The van der Waals surface area contributed by atoms with Gasteiger partial charge in [-0.1, -0.05) is 30.3 Å². The average Bonchev–Trinajstić information content (AvgIpc) is 3.41. The molecule has 1 amide bonds. The summed E-state index contributed by atoms with van der Waals surface area (Å²) < 4.78 is 29.9. The first-order chi connectivity index (χ1) is 16.3. The highest BCUT2D eigenvalue weighted by atomic mass is 32.2. The maximum Gasteiger partial charge on any atom is 0.242 e. The Bertz CT molecular complexity index is 1410. The molecule has 0 radical (unpaired) electrons. The minimum absolute atomic E-state index is 0.139. The summed E-state index contributed by atoms with van der Waals surface area (Å²) in [5.74, 6) is 1.24. The van der Waals surface area contributed by atoms with E-state index in [9.17, 15) is 13.2 Å². The highest BCUT2D eigenvalue weighted by Crippen LogP contribution is 2.23. The second-order valence-electron chi connectivity index (χ2n) is 8.12. The van der Waals surface area contributed by atoms with Crippen LogP contribution in [0.1, 0.15) is 24.7 Å². The Balaban J connectivity index is 1.47. The van der Waals surface area contributed by atoms with E-state index in [1.807, 2.05) is 41.8 Å². The first kappa shape index (κ1) is 23.7. The number of anilines is 1. The molecule has 4 rings (SSSR count). The second-order valence-corrected chi connectivity index (χ2v) is 10.3. The number of aromatic nitrogens is 4. The number of rotatable bonds is 9. The van der Waals surface area contributed by atoms with E-state index in [1.54, 1.807) is 35.1 Å². The predicted molar refractivity (Wildman–Crippen MR) is 131 cm³/mol.